The molecular weight excluding hydrogens is 440 g/mol. The van der Waals surface area contributed by atoms with Crippen LogP contribution in [0.1, 0.15) is 32.8 Å². The molecule has 166 valence electrons. The van der Waals surface area contributed by atoms with Crippen molar-refractivity contribution in [2.75, 3.05) is 4.90 Å². The number of carbonyl (C=O) groups excluding carboxylic acids is 2. The lowest BCUT2D eigenvalue weighted by atomic mass is 10.0. The smallest absolute Gasteiger partial charge is 0.335 e. The maximum absolute atomic E-state index is 13.3. The molecule has 2 N–H and O–H groups in total. The van der Waals surface area contributed by atoms with Gasteiger partial charge in [-0.2, -0.15) is 0 Å². The third-order valence-electron chi connectivity index (χ3n) is 5.66. The average molecular weight is 461 g/mol. The number of amides is 2. The second-order valence-electron chi connectivity index (χ2n) is 7.66. The zero-order chi connectivity index (χ0) is 23.9. The van der Waals surface area contributed by atoms with Gasteiger partial charge < -0.3 is 9.52 Å². The maximum Gasteiger partial charge on any atom is 0.335 e. The Morgan fingerprint density at radius 1 is 1.03 bits per heavy atom. The van der Waals surface area contributed by atoms with E-state index in [1.807, 2.05) is 26.0 Å². The number of carboxylic acids is 1. The van der Waals surface area contributed by atoms with Crippen LogP contribution in [0.3, 0.4) is 0 Å². The lowest BCUT2D eigenvalue weighted by molar-refractivity contribution is -0.122. The molecule has 1 aromatic heterocycles. The molecule has 1 saturated heterocycles. The first-order valence-electron chi connectivity index (χ1n) is 10.1. The molecule has 0 atom stereocenters. The Labute approximate surface area is 195 Å². The number of carbonyl (C=O) groups is 3. The summed E-state index contributed by atoms with van der Waals surface area (Å²) in [4.78, 5) is 38.6. The third kappa shape index (κ3) is 3.96. The van der Waals surface area contributed by atoms with E-state index in [-0.39, 0.29) is 22.0 Å². The van der Waals surface area contributed by atoms with E-state index in [9.17, 15) is 19.5 Å². The summed E-state index contributed by atoms with van der Waals surface area (Å²) < 4.78 is 5.84. The minimum atomic E-state index is -1.03. The molecule has 2 amide bonds. The first-order chi connectivity index (χ1) is 15.7. The summed E-state index contributed by atoms with van der Waals surface area (Å²) in [7, 11) is 0. The number of hydrogen-bond donors (Lipinski definition) is 2. The quantitative estimate of drug-likeness (QED) is 0.340. The molecule has 0 aliphatic carbocycles. The fourth-order valence-electron chi connectivity index (χ4n) is 3.71. The van der Waals surface area contributed by atoms with Crippen LogP contribution < -0.4 is 10.2 Å². The Morgan fingerprint density at radius 3 is 2.48 bits per heavy atom. The van der Waals surface area contributed by atoms with E-state index in [0.717, 1.165) is 11.1 Å². The van der Waals surface area contributed by atoms with Crippen LogP contribution in [0.5, 0.6) is 0 Å². The molecule has 33 heavy (non-hydrogen) atoms. The molecule has 0 bridgehead atoms. The van der Waals surface area contributed by atoms with Gasteiger partial charge in [-0.1, -0.05) is 24.3 Å². The lowest BCUT2D eigenvalue weighted by Gasteiger charge is -2.30. The summed E-state index contributed by atoms with van der Waals surface area (Å²) >= 11 is 5.27. The number of hydrogen-bond acceptors (Lipinski definition) is 5. The van der Waals surface area contributed by atoms with Gasteiger partial charge in [0, 0.05) is 5.56 Å². The van der Waals surface area contributed by atoms with Crippen molar-refractivity contribution in [3.8, 4) is 11.3 Å². The summed E-state index contributed by atoms with van der Waals surface area (Å²) in [5.41, 5.74) is 3.66. The Morgan fingerprint density at radius 2 is 1.76 bits per heavy atom. The van der Waals surface area contributed by atoms with Crippen molar-refractivity contribution in [2.24, 2.45) is 0 Å². The highest BCUT2D eigenvalue weighted by atomic mass is 32.1. The van der Waals surface area contributed by atoms with Gasteiger partial charge >= 0.3 is 5.97 Å². The molecule has 1 aliphatic rings. The van der Waals surface area contributed by atoms with Gasteiger partial charge in [0.05, 0.1) is 11.3 Å². The minimum Gasteiger partial charge on any atom is -0.478 e. The van der Waals surface area contributed by atoms with Crippen molar-refractivity contribution in [3.05, 3.63) is 82.1 Å². The van der Waals surface area contributed by atoms with Crippen LogP contribution >= 0.6 is 12.2 Å². The van der Waals surface area contributed by atoms with E-state index in [0.29, 0.717) is 22.6 Å². The van der Waals surface area contributed by atoms with Gasteiger partial charge in [0.1, 0.15) is 17.1 Å². The van der Waals surface area contributed by atoms with E-state index in [4.69, 9.17) is 16.6 Å². The number of nitrogens with zero attached hydrogens (tertiary/aromatic N) is 1. The Kier molecular flexibility index (Phi) is 5.69. The van der Waals surface area contributed by atoms with Crippen LogP contribution in [0.4, 0.5) is 5.69 Å². The maximum atomic E-state index is 13.3. The highest BCUT2D eigenvalue weighted by Gasteiger charge is 2.35. The zero-order valence-corrected chi connectivity index (χ0v) is 18.9. The molecular formula is C25H20N2O5S. The number of furan rings is 1. The first-order valence-corrected chi connectivity index (χ1v) is 10.5. The second kappa shape index (κ2) is 8.48. The normalized spacial score (nSPS) is 15.2. The predicted octanol–water partition coefficient (Wildman–Crippen LogP) is 4.40. The van der Waals surface area contributed by atoms with Crippen molar-refractivity contribution in [1.82, 2.24) is 5.32 Å². The summed E-state index contributed by atoms with van der Waals surface area (Å²) in [5.74, 6) is -1.51. The van der Waals surface area contributed by atoms with Gasteiger partial charge in [0.15, 0.2) is 5.11 Å². The van der Waals surface area contributed by atoms with E-state index < -0.39 is 17.8 Å². The van der Waals surface area contributed by atoms with Crippen molar-refractivity contribution in [1.29, 1.82) is 0 Å². The molecule has 2 heterocycles. The fourth-order valence-corrected chi connectivity index (χ4v) is 3.98. The molecule has 3 aromatic rings. The molecule has 4 rings (SSSR count). The van der Waals surface area contributed by atoms with Crippen LogP contribution in [0.15, 0.2) is 58.5 Å². The van der Waals surface area contributed by atoms with Crippen LogP contribution in [-0.4, -0.2) is 28.0 Å². The summed E-state index contributed by atoms with van der Waals surface area (Å²) in [6.07, 6.45) is 1.36. The van der Waals surface area contributed by atoms with Crippen molar-refractivity contribution in [2.45, 2.75) is 20.8 Å². The van der Waals surface area contributed by atoms with Crippen molar-refractivity contribution < 1.29 is 23.9 Å². The van der Waals surface area contributed by atoms with Crippen LogP contribution in [0.25, 0.3) is 17.4 Å². The van der Waals surface area contributed by atoms with Gasteiger partial charge in [0.2, 0.25) is 0 Å². The molecule has 1 aliphatic heterocycles. The molecule has 0 saturated carbocycles. The number of thiocarbonyl (C=S) groups is 1. The lowest BCUT2D eigenvalue weighted by Crippen LogP contribution is -2.54. The fraction of sp³-hybridized carbons (Fsp3) is 0.120. The molecule has 7 nitrogen and oxygen atoms in total. The SMILES string of the molecule is Cc1cccc(N2C(=O)C(=Cc3ccc(-c4cccc(C(=O)O)c4C)o3)C(=O)NC2=S)c1C. The molecule has 0 spiro atoms. The number of nitrogens with one attached hydrogen (secondary N) is 1. The third-order valence-corrected chi connectivity index (χ3v) is 5.95. The Hall–Kier alpha value is -4.04. The Balaban J connectivity index is 1.72. The van der Waals surface area contributed by atoms with Crippen LogP contribution in [-0.2, 0) is 9.59 Å². The van der Waals surface area contributed by atoms with Gasteiger partial charge in [-0.05, 0) is 80.0 Å². The van der Waals surface area contributed by atoms with Crippen molar-refractivity contribution in [3.63, 3.8) is 0 Å². The van der Waals surface area contributed by atoms with Gasteiger partial charge in [-0.25, -0.2) is 4.79 Å². The van der Waals surface area contributed by atoms with Gasteiger partial charge in [-0.15, -0.1) is 0 Å². The largest absolute Gasteiger partial charge is 0.478 e. The molecule has 0 unspecified atom stereocenters. The average Bonchev–Trinajstić information content (AvgIpc) is 3.22. The van der Waals surface area contributed by atoms with Crippen LogP contribution in [0.2, 0.25) is 0 Å². The number of rotatable bonds is 4. The van der Waals surface area contributed by atoms with E-state index >= 15 is 0 Å². The molecule has 8 heteroatoms. The highest BCUT2D eigenvalue weighted by molar-refractivity contribution is 7.80. The van der Waals surface area contributed by atoms with Crippen molar-refractivity contribution >= 4 is 46.9 Å². The van der Waals surface area contributed by atoms with Gasteiger partial charge in [0.25, 0.3) is 11.8 Å². The van der Waals surface area contributed by atoms with E-state index in [1.165, 1.54) is 17.0 Å². The first kappa shape index (κ1) is 22.2. The van der Waals surface area contributed by atoms with Crippen LogP contribution in [0, 0.1) is 20.8 Å². The Bertz CT molecular complexity index is 1370. The second-order valence-corrected chi connectivity index (χ2v) is 8.05. The number of anilines is 1. The zero-order valence-electron chi connectivity index (χ0n) is 18.1. The standard InChI is InChI=1S/C25H20N2O5S/c1-13-6-4-9-20(14(13)2)27-23(29)19(22(28)26-25(27)33)12-16-10-11-21(32-16)17-7-5-8-18(15(17)3)24(30)31/h4-12H,1-3H3,(H,30,31)(H,26,28,33). The highest BCUT2D eigenvalue weighted by Crippen LogP contribution is 2.30. The summed E-state index contributed by atoms with van der Waals surface area (Å²) in [6, 6.07) is 13.7. The topological polar surface area (TPSA) is 99.8 Å². The summed E-state index contributed by atoms with van der Waals surface area (Å²) in [5, 5.41) is 11.9. The van der Waals surface area contributed by atoms with E-state index in [1.54, 1.807) is 37.3 Å². The molecule has 1 fully saturated rings. The predicted molar refractivity (Wildman–Crippen MR) is 128 cm³/mol. The monoisotopic (exact) mass is 460 g/mol. The number of benzene rings is 2. The minimum absolute atomic E-state index is 0.0112. The number of aryl methyl sites for hydroxylation is 1. The van der Waals surface area contributed by atoms with Gasteiger partial charge in [-0.3, -0.25) is 19.8 Å². The molecule has 0 radical (unpaired) electrons. The summed E-state index contributed by atoms with van der Waals surface area (Å²) in [6.45, 7) is 5.50. The van der Waals surface area contributed by atoms with E-state index in [2.05, 4.69) is 5.32 Å². The number of aromatic carboxylic acids is 1. The number of carboxylic acid groups (broad SMARTS) is 1. The molecule has 2 aromatic carbocycles.